The van der Waals surface area contributed by atoms with Crippen LogP contribution < -0.4 is 9.46 Å². The zero-order valence-corrected chi connectivity index (χ0v) is 10.6. The van der Waals surface area contributed by atoms with Crippen molar-refractivity contribution in [3.8, 4) is 6.01 Å². The molecule has 0 unspecified atom stereocenters. The molecule has 0 spiro atoms. The van der Waals surface area contributed by atoms with Crippen LogP contribution in [0.5, 0.6) is 6.01 Å². The van der Waals surface area contributed by atoms with Gasteiger partial charge in [-0.1, -0.05) is 0 Å². The molecule has 1 aromatic rings. The molecule has 1 rings (SSSR count). The fraction of sp³-hybridized carbons (Fsp3) is 0.750. The van der Waals surface area contributed by atoms with E-state index in [0.717, 1.165) is 0 Å². The van der Waals surface area contributed by atoms with Gasteiger partial charge in [-0.05, 0) is 27.7 Å². The van der Waals surface area contributed by atoms with Crippen LogP contribution in [0.3, 0.4) is 0 Å². The first kappa shape index (κ1) is 12.8. The molecule has 7 nitrogen and oxygen atoms in total. The Hall–Kier alpha value is -1.31. The van der Waals surface area contributed by atoms with Crippen LogP contribution in [-0.2, 0) is 10.0 Å². The molecule has 0 radical (unpaired) electrons. The molecule has 16 heavy (non-hydrogen) atoms. The van der Waals surface area contributed by atoms with Crippen molar-refractivity contribution in [3.05, 3.63) is 0 Å². The summed E-state index contributed by atoms with van der Waals surface area (Å²) >= 11 is 0. The molecule has 0 aromatic carbocycles. The second kappa shape index (κ2) is 4.28. The smallest absolute Gasteiger partial charge is 0.337 e. The van der Waals surface area contributed by atoms with E-state index in [4.69, 9.17) is 4.74 Å². The molecule has 0 aliphatic rings. The molecule has 2 N–H and O–H groups in total. The van der Waals surface area contributed by atoms with Crippen LogP contribution in [-0.4, -0.2) is 35.0 Å². The molecule has 0 aliphatic heterocycles. The van der Waals surface area contributed by atoms with E-state index in [0.29, 0.717) is 6.61 Å². The third-order valence-corrected chi connectivity index (χ3v) is 3.85. The molecule has 0 saturated carbocycles. The van der Waals surface area contributed by atoms with Gasteiger partial charge in [0.15, 0.2) is 0 Å². The van der Waals surface area contributed by atoms with Gasteiger partial charge in [0.1, 0.15) is 0 Å². The van der Waals surface area contributed by atoms with Crippen molar-refractivity contribution in [2.45, 2.75) is 32.4 Å². The topological polar surface area (TPSA) is 97.0 Å². The van der Waals surface area contributed by atoms with Crippen LogP contribution in [0.4, 0.5) is 5.95 Å². The quantitative estimate of drug-likeness (QED) is 0.819. The van der Waals surface area contributed by atoms with E-state index in [1.54, 1.807) is 27.7 Å². The number of rotatable bonds is 4. The number of aromatic amines is 1. The summed E-state index contributed by atoms with van der Waals surface area (Å²) in [4.78, 5) is 3.82. The Bertz CT molecular complexity index is 446. The van der Waals surface area contributed by atoms with Crippen LogP contribution in [0.25, 0.3) is 0 Å². The summed E-state index contributed by atoms with van der Waals surface area (Å²) in [6.45, 7) is 6.98. The van der Waals surface area contributed by atoms with Crippen molar-refractivity contribution in [2.24, 2.45) is 0 Å². The first-order chi connectivity index (χ1) is 7.26. The Morgan fingerprint density at radius 2 is 2.06 bits per heavy atom. The number of aromatic nitrogens is 3. The first-order valence-corrected chi connectivity index (χ1v) is 6.32. The fourth-order valence-corrected chi connectivity index (χ4v) is 1.42. The number of nitrogens with one attached hydrogen (secondary N) is 2. The van der Waals surface area contributed by atoms with Crippen LogP contribution in [0.2, 0.25) is 0 Å². The minimum absolute atomic E-state index is 0.0541. The Morgan fingerprint density at radius 3 is 2.56 bits per heavy atom. The van der Waals surface area contributed by atoms with E-state index in [1.807, 2.05) is 0 Å². The van der Waals surface area contributed by atoms with Crippen molar-refractivity contribution >= 4 is 16.0 Å². The lowest BCUT2D eigenvalue weighted by Crippen LogP contribution is -2.34. The minimum atomic E-state index is -3.49. The lowest BCUT2D eigenvalue weighted by atomic mass is 10.3. The number of hydrogen-bond donors (Lipinski definition) is 2. The van der Waals surface area contributed by atoms with Gasteiger partial charge in [-0.2, -0.15) is 4.98 Å². The Morgan fingerprint density at radius 1 is 1.44 bits per heavy atom. The summed E-state index contributed by atoms with van der Waals surface area (Å²) in [6, 6.07) is 0.120. The van der Waals surface area contributed by atoms with E-state index in [-0.39, 0.29) is 12.0 Å². The molecule has 0 aliphatic carbocycles. The Balaban J connectivity index is 2.81. The van der Waals surface area contributed by atoms with Crippen molar-refractivity contribution in [3.63, 3.8) is 0 Å². The van der Waals surface area contributed by atoms with Crippen molar-refractivity contribution in [1.29, 1.82) is 0 Å². The highest BCUT2D eigenvalue weighted by molar-refractivity contribution is 7.94. The van der Waals surface area contributed by atoms with Crippen molar-refractivity contribution in [2.75, 3.05) is 11.3 Å². The maximum atomic E-state index is 11.7. The van der Waals surface area contributed by atoms with Gasteiger partial charge in [0.25, 0.3) is 0 Å². The molecule has 8 heteroatoms. The third-order valence-electron chi connectivity index (χ3n) is 1.78. The zero-order chi connectivity index (χ0) is 12.4. The van der Waals surface area contributed by atoms with E-state index in [1.165, 1.54) is 0 Å². The van der Waals surface area contributed by atoms with Gasteiger partial charge >= 0.3 is 6.01 Å². The van der Waals surface area contributed by atoms with E-state index in [2.05, 4.69) is 19.9 Å². The number of nitrogens with zero attached hydrogens (tertiary/aromatic N) is 2. The molecule has 1 aromatic heterocycles. The highest BCUT2D eigenvalue weighted by atomic mass is 32.2. The zero-order valence-electron chi connectivity index (χ0n) is 9.73. The number of anilines is 1. The van der Waals surface area contributed by atoms with E-state index < -0.39 is 14.8 Å². The van der Waals surface area contributed by atoms with Crippen LogP contribution in [0.1, 0.15) is 27.7 Å². The van der Waals surface area contributed by atoms with Gasteiger partial charge in [0, 0.05) is 0 Å². The first-order valence-electron chi connectivity index (χ1n) is 4.84. The second-order valence-electron chi connectivity index (χ2n) is 4.12. The molecule has 0 amide bonds. The maximum Gasteiger partial charge on any atom is 0.337 e. The minimum Gasteiger partial charge on any atom is -0.463 e. The molecule has 0 fully saturated rings. The van der Waals surface area contributed by atoms with Crippen molar-refractivity contribution < 1.29 is 13.2 Å². The third kappa shape index (κ3) is 2.84. The molecule has 0 bridgehead atoms. The predicted molar refractivity (Wildman–Crippen MR) is 59.8 cm³/mol. The van der Waals surface area contributed by atoms with Crippen molar-refractivity contribution in [1.82, 2.24) is 15.2 Å². The lowest BCUT2D eigenvalue weighted by Gasteiger charge is -2.18. The summed E-state index contributed by atoms with van der Waals surface area (Å²) in [6.07, 6.45) is 0. The van der Waals surface area contributed by atoms with Gasteiger partial charge in [-0.15, -0.1) is 5.10 Å². The molecular weight excluding hydrogens is 232 g/mol. The summed E-state index contributed by atoms with van der Waals surface area (Å²) in [7, 11) is -3.49. The SMILES string of the molecule is CCOc1n[nH]c(NS(=O)(=O)C(C)(C)C)n1. The molecule has 1 heterocycles. The van der Waals surface area contributed by atoms with Crippen LogP contribution in [0, 0.1) is 0 Å². The predicted octanol–water partition coefficient (Wildman–Crippen LogP) is 0.744. The number of hydrogen-bond acceptors (Lipinski definition) is 5. The summed E-state index contributed by atoms with van der Waals surface area (Å²) < 4.78 is 29.9. The molecule has 92 valence electrons. The number of sulfonamides is 1. The van der Waals surface area contributed by atoms with Crippen LogP contribution in [0.15, 0.2) is 0 Å². The van der Waals surface area contributed by atoms with Gasteiger partial charge in [-0.3, -0.25) is 4.72 Å². The Labute approximate surface area is 94.7 Å². The van der Waals surface area contributed by atoms with Gasteiger partial charge in [-0.25, -0.2) is 13.5 Å². The summed E-state index contributed by atoms with van der Waals surface area (Å²) in [5.74, 6) is 0.0541. The fourth-order valence-electron chi connectivity index (χ4n) is 0.766. The Kier molecular flexibility index (Phi) is 3.41. The highest BCUT2D eigenvalue weighted by Gasteiger charge is 2.29. The number of ether oxygens (including phenoxy) is 1. The lowest BCUT2D eigenvalue weighted by molar-refractivity contribution is 0.314. The average molecular weight is 248 g/mol. The molecule has 0 atom stereocenters. The summed E-state index contributed by atoms with van der Waals surface area (Å²) in [5.41, 5.74) is 0. The summed E-state index contributed by atoms with van der Waals surface area (Å²) in [5, 5.41) is 6.13. The standard InChI is InChI=1S/C8H16N4O3S/c1-5-15-7-9-6(10-11-7)12-16(13,14)8(2,3)4/h5H2,1-4H3,(H2,9,10,11,12). The van der Waals surface area contributed by atoms with Gasteiger partial charge in [0.2, 0.25) is 16.0 Å². The molecular formula is C8H16N4O3S. The van der Waals surface area contributed by atoms with E-state index >= 15 is 0 Å². The average Bonchev–Trinajstić information content (AvgIpc) is 2.50. The largest absolute Gasteiger partial charge is 0.463 e. The van der Waals surface area contributed by atoms with Gasteiger partial charge < -0.3 is 4.74 Å². The monoisotopic (exact) mass is 248 g/mol. The van der Waals surface area contributed by atoms with Gasteiger partial charge in [0.05, 0.1) is 11.4 Å². The maximum absolute atomic E-state index is 11.7. The molecule has 0 saturated heterocycles. The number of H-pyrrole nitrogens is 1. The van der Waals surface area contributed by atoms with E-state index in [9.17, 15) is 8.42 Å². The normalized spacial score (nSPS) is 12.5. The van der Waals surface area contributed by atoms with Crippen LogP contribution >= 0.6 is 0 Å². The highest BCUT2D eigenvalue weighted by Crippen LogP contribution is 2.17. The second-order valence-corrected chi connectivity index (χ2v) is 6.55.